The molecule has 0 amide bonds. The third-order valence-corrected chi connectivity index (χ3v) is 4.86. The van der Waals surface area contributed by atoms with E-state index in [9.17, 15) is 0 Å². The molecule has 0 heterocycles. The predicted octanol–water partition coefficient (Wildman–Crippen LogP) is 4.88. The number of benzene rings is 1. The zero-order valence-corrected chi connectivity index (χ0v) is 14.1. The van der Waals surface area contributed by atoms with Crippen LogP contribution in [0.5, 0.6) is 0 Å². The summed E-state index contributed by atoms with van der Waals surface area (Å²) in [5.74, 6) is 2.28. The van der Waals surface area contributed by atoms with Crippen LogP contribution in [-0.4, -0.2) is 19.3 Å². The zero-order valence-electron chi connectivity index (χ0n) is 14.1. The van der Waals surface area contributed by atoms with E-state index in [1.807, 2.05) is 0 Å². The summed E-state index contributed by atoms with van der Waals surface area (Å²) in [5.41, 5.74) is 2.52. The van der Waals surface area contributed by atoms with Gasteiger partial charge in [0.15, 0.2) is 0 Å². The van der Waals surface area contributed by atoms with Crippen molar-refractivity contribution in [1.82, 2.24) is 0 Å². The van der Waals surface area contributed by atoms with Crippen LogP contribution in [0.2, 0.25) is 0 Å². The number of aryl methyl sites for hydroxylation is 1. The highest BCUT2D eigenvalue weighted by molar-refractivity contribution is 5.50. The molecule has 0 spiro atoms. The molecule has 2 heteroatoms. The molecule has 118 valence electrons. The molecule has 3 unspecified atom stereocenters. The Morgan fingerprint density at radius 1 is 1.24 bits per heavy atom. The highest BCUT2D eigenvalue weighted by Gasteiger charge is 2.31. The molecular formula is C19H31NO. The summed E-state index contributed by atoms with van der Waals surface area (Å²) in [6.45, 7) is 10.9. The van der Waals surface area contributed by atoms with Gasteiger partial charge in [0.25, 0.3) is 0 Å². The van der Waals surface area contributed by atoms with Crippen molar-refractivity contribution >= 4 is 5.69 Å². The Morgan fingerprint density at radius 2 is 2.00 bits per heavy atom. The van der Waals surface area contributed by atoms with E-state index in [0.29, 0.717) is 6.10 Å². The van der Waals surface area contributed by atoms with Crippen molar-refractivity contribution in [2.45, 2.75) is 53.1 Å². The van der Waals surface area contributed by atoms with E-state index >= 15 is 0 Å². The first-order valence-corrected chi connectivity index (χ1v) is 8.49. The molecule has 21 heavy (non-hydrogen) atoms. The van der Waals surface area contributed by atoms with E-state index in [0.717, 1.165) is 30.9 Å². The molecule has 1 saturated carbocycles. The van der Waals surface area contributed by atoms with Gasteiger partial charge in [-0.3, -0.25) is 0 Å². The van der Waals surface area contributed by atoms with Gasteiger partial charge in [0.1, 0.15) is 0 Å². The molecule has 0 aromatic heterocycles. The molecule has 0 radical (unpaired) electrons. The Kier molecular flexibility index (Phi) is 6.10. The molecule has 1 aliphatic carbocycles. The second-order valence-corrected chi connectivity index (χ2v) is 6.98. The van der Waals surface area contributed by atoms with E-state index in [-0.39, 0.29) is 0 Å². The Morgan fingerprint density at radius 3 is 2.71 bits per heavy atom. The van der Waals surface area contributed by atoms with Crippen molar-refractivity contribution in [3.8, 4) is 0 Å². The third kappa shape index (κ3) is 4.74. The minimum atomic E-state index is 0.451. The Labute approximate surface area is 130 Å². The van der Waals surface area contributed by atoms with E-state index in [2.05, 4.69) is 57.3 Å². The average Bonchev–Trinajstić information content (AvgIpc) is 2.45. The summed E-state index contributed by atoms with van der Waals surface area (Å²) < 4.78 is 6.23. The number of para-hydroxylation sites is 1. The lowest BCUT2D eigenvalue weighted by molar-refractivity contribution is -0.0340. The first-order chi connectivity index (χ1) is 10.1. The fraction of sp³-hybridized carbons (Fsp3) is 0.684. The van der Waals surface area contributed by atoms with Crippen LogP contribution in [0.3, 0.4) is 0 Å². The fourth-order valence-electron chi connectivity index (χ4n) is 3.47. The lowest BCUT2D eigenvalue weighted by Crippen LogP contribution is -2.35. The van der Waals surface area contributed by atoms with E-state index in [1.54, 1.807) is 0 Å². The average molecular weight is 289 g/mol. The molecule has 1 N–H and O–H groups in total. The molecule has 2 nitrogen and oxygen atoms in total. The van der Waals surface area contributed by atoms with Gasteiger partial charge in [-0.25, -0.2) is 0 Å². The smallest absolute Gasteiger partial charge is 0.0642 e. The van der Waals surface area contributed by atoms with Gasteiger partial charge in [0.2, 0.25) is 0 Å². The number of hydrogen-bond acceptors (Lipinski definition) is 2. The van der Waals surface area contributed by atoms with E-state index in [1.165, 1.54) is 30.5 Å². The molecule has 1 aliphatic rings. The number of nitrogens with one attached hydrogen (secondary N) is 1. The summed E-state index contributed by atoms with van der Waals surface area (Å²) >= 11 is 0. The number of ether oxygens (including phenoxy) is 1. The van der Waals surface area contributed by atoms with Gasteiger partial charge in [-0.2, -0.15) is 0 Å². The van der Waals surface area contributed by atoms with Crippen LogP contribution in [0, 0.1) is 24.7 Å². The molecule has 1 fully saturated rings. The van der Waals surface area contributed by atoms with E-state index in [4.69, 9.17) is 4.74 Å². The van der Waals surface area contributed by atoms with Gasteiger partial charge in [-0.15, -0.1) is 0 Å². The second kappa shape index (κ2) is 7.84. The maximum atomic E-state index is 6.23. The van der Waals surface area contributed by atoms with Crippen LogP contribution in [0.4, 0.5) is 5.69 Å². The van der Waals surface area contributed by atoms with Crippen LogP contribution in [0.1, 0.15) is 45.6 Å². The highest BCUT2D eigenvalue weighted by atomic mass is 16.5. The minimum absolute atomic E-state index is 0.451. The van der Waals surface area contributed by atoms with Crippen molar-refractivity contribution in [2.24, 2.45) is 17.8 Å². The lowest BCUT2D eigenvalue weighted by Gasteiger charge is -2.37. The number of anilines is 1. The molecular weight excluding hydrogens is 258 g/mol. The van der Waals surface area contributed by atoms with E-state index < -0.39 is 0 Å². The molecule has 1 aromatic rings. The highest BCUT2D eigenvalue weighted by Crippen LogP contribution is 2.35. The minimum Gasteiger partial charge on any atom is -0.383 e. The summed E-state index contributed by atoms with van der Waals surface area (Å²) in [7, 11) is 0. The van der Waals surface area contributed by atoms with Crippen molar-refractivity contribution < 1.29 is 4.74 Å². The lowest BCUT2D eigenvalue weighted by atomic mass is 9.75. The summed E-state index contributed by atoms with van der Waals surface area (Å²) in [5, 5.41) is 3.48. The molecule has 1 aromatic carbocycles. The van der Waals surface area contributed by atoms with Crippen LogP contribution in [0.15, 0.2) is 24.3 Å². The van der Waals surface area contributed by atoms with Crippen LogP contribution in [-0.2, 0) is 4.74 Å². The predicted molar refractivity (Wildman–Crippen MR) is 90.8 cm³/mol. The summed E-state index contributed by atoms with van der Waals surface area (Å²) in [4.78, 5) is 0. The molecule has 2 rings (SSSR count). The molecule has 3 atom stereocenters. The number of rotatable bonds is 6. The topological polar surface area (TPSA) is 21.3 Å². The Bertz CT molecular complexity index is 429. The van der Waals surface area contributed by atoms with Crippen LogP contribution < -0.4 is 5.32 Å². The maximum absolute atomic E-state index is 6.23. The van der Waals surface area contributed by atoms with Crippen molar-refractivity contribution in [2.75, 3.05) is 18.5 Å². The first-order valence-electron chi connectivity index (χ1n) is 8.49. The summed E-state index contributed by atoms with van der Waals surface area (Å²) in [6.07, 6.45) is 4.37. The van der Waals surface area contributed by atoms with Crippen LogP contribution >= 0.6 is 0 Å². The van der Waals surface area contributed by atoms with Crippen molar-refractivity contribution in [3.05, 3.63) is 29.8 Å². The maximum Gasteiger partial charge on any atom is 0.0642 e. The van der Waals surface area contributed by atoms with Crippen molar-refractivity contribution in [3.63, 3.8) is 0 Å². The van der Waals surface area contributed by atoms with Gasteiger partial charge >= 0.3 is 0 Å². The van der Waals surface area contributed by atoms with Crippen molar-refractivity contribution in [1.29, 1.82) is 0 Å². The molecule has 0 bridgehead atoms. The second-order valence-electron chi connectivity index (χ2n) is 6.98. The van der Waals surface area contributed by atoms with Gasteiger partial charge in [-0.05, 0) is 49.1 Å². The number of hydrogen-bond donors (Lipinski definition) is 1. The summed E-state index contributed by atoms with van der Waals surface area (Å²) in [6, 6.07) is 8.43. The normalized spacial score (nSPS) is 26.0. The Balaban J connectivity index is 1.77. The van der Waals surface area contributed by atoms with Gasteiger partial charge in [0, 0.05) is 12.2 Å². The fourth-order valence-corrected chi connectivity index (χ4v) is 3.47. The van der Waals surface area contributed by atoms with Gasteiger partial charge in [0.05, 0.1) is 12.7 Å². The molecule has 0 aliphatic heterocycles. The van der Waals surface area contributed by atoms with Gasteiger partial charge in [-0.1, -0.05) is 45.4 Å². The van der Waals surface area contributed by atoms with Gasteiger partial charge < -0.3 is 10.1 Å². The monoisotopic (exact) mass is 289 g/mol. The standard InChI is InChI=1S/C19H31NO/c1-14(2)17-10-9-15(3)13-19(17)21-12-11-20-18-8-6-5-7-16(18)4/h5-8,14-15,17,19-20H,9-13H2,1-4H3. The SMILES string of the molecule is Cc1ccccc1NCCOC1CC(C)CCC1C(C)C. The quantitative estimate of drug-likeness (QED) is 0.753. The third-order valence-electron chi connectivity index (χ3n) is 4.86. The van der Waals surface area contributed by atoms with Crippen LogP contribution in [0.25, 0.3) is 0 Å². The largest absolute Gasteiger partial charge is 0.383 e. The Hall–Kier alpha value is -1.02. The first kappa shape index (κ1) is 16.4. The zero-order chi connectivity index (χ0) is 15.2. The molecule has 0 saturated heterocycles.